The summed E-state index contributed by atoms with van der Waals surface area (Å²) in [7, 11) is 1.57. The molecule has 6 nitrogen and oxygen atoms in total. The Labute approximate surface area is 141 Å². The average molecular weight is 332 g/mol. The molecule has 1 amide bonds. The van der Waals surface area contributed by atoms with Crippen molar-refractivity contribution >= 4 is 5.91 Å². The number of ether oxygens (including phenoxy) is 2. The lowest BCUT2D eigenvalue weighted by molar-refractivity contribution is -0.0449. The van der Waals surface area contributed by atoms with Crippen LogP contribution in [0.4, 0.5) is 0 Å². The standard InChI is InChI=1S/C18H24N2O4/c1-23-17-13(9-12-3-2-4-14(12)19-17)18(22)20-5-6-24-16-8-11(10-21)7-15(16)20/h9,11,15-16,21H,2-8,10H2,1H3/t11-,15+,16+/m1/s1. The minimum atomic E-state index is -0.0223. The van der Waals surface area contributed by atoms with E-state index in [-0.39, 0.29) is 30.6 Å². The smallest absolute Gasteiger partial charge is 0.259 e. The number of aryl methyl sites for hydroxylation is 2. The van der Waals surface area contributed by atoms with Crippen molar-refractivity contribution < 1.29 is 19.4 Å². The topological polar surface area (TPSA) is 71.9 Å². The molecule has 130 valence electrons. The fraction of sp³-hybridized carbons (Fsp3) is 0.667. The zero-order chi connectivity index (χ0) is 16.7. The van der Waals surface area contributed by atoms with Gasteiger partial charge in [-0.2, -0.15) is 0 Å². The van der Waals surface area contributed by atoms with Crippen LogP contribution in [0.1, 0.15) is 40.9 Å². The third-order valence-electron chi connectivity index (χ3n) is 5.59. The van der Waals surface area contributed by atoms with E-state index < -0.39 is 0 Å². The minimum absolute atomic E-state index is 0.0223. The van der Waals surface area contributed by atoms with Gasteiger partial charge in [-0.3, -0.25) is 4.79 Å². The van der Waals surface area contributed by atoms with E-state index in [0.717, 1.165) is 37.8 Å². The van der Waals surface area contributed by atoms with Crippen LogP contribution in [-0.4, -0.2) is 59.9 Å². The molecule has 3 atom stereocenters. The molecular weight excluding hydrogens is 308 g/mol. The second kappa shape index (κ2) is 6.33. The summed E-state index contributed by atoms with van der Waals surface area (Å²) >= 11 is 0. The Bertz CT molecular complexity index is 648. The summed E-state index contributed by atoms with van der Waals surface area (Å²) < 4.78 is 11.2. The number of nitrogens with zero attached hydrogens (tertiary/aromatic N) is 2. The largest absolute Gasteiger partial charge is 0.480 e. The number of carbonyl (C=O) groups is 1. The molecule has 0 aromatic carbocycles. The van der Waals surface area contributed by atoms with E-state index in [0.29, 0.717) is 24.6 Å². The van der Waals surface area contributed by atoms with Crippen molar-refractivity contribution in [2.24, 2.45) is 5.92 Å². The van der Waals surface area contributed by atoms with Crippen molar-refractivity contribution in [1.82, 2.24) is 9.88 Å². The summed E-state index contributed by atoms with van der Waals surface area (Å²) in [4.78, 5) is 19.7. The maximum atomic E-state index is 13.2. The van der Waals surface area contributed by atoms with E-state index in [1.807, 2.05) is 11.0 Å². The first-order valence-corrected chi connectivity index (χ1v) is 8.81. The number of methoxy groups -OCH3 is 1. The quantitative estimate of drug-likeness (QED) is 0.900. The molecule has 1 saturated carbocycles. The third-order valence-corrected chi connectivity index (χ3v) is 5.59. The summed E-state index contributed by atoms with van der Waals surface area (Å²) in [5.74, 6) is 0.625. The molecule has 0 spiro atoms. The molecule has 2 aliphatic carbocycles. The van der Waals surface area contributed by atoms with E-state index in [1.165, 1.54) is 5.56 Å². The van der Waals surface area contributed by atoms with Crippen LogP contribution in [-0.2, 0) is 17.6 Å². The normalized spacial score (nSPS) is 28.6. The summed E-state index contributed by atoms with van der Waals surface area (Å²) in [6, 6.07) is 2.01. The van der Waals surface area contributed by atoms with Crippen molar-refractivity contribution in [2.45, 2.75) is 44.2 Å². The number of pyridine rings is 1. The van der Waals surface area contributed by atoms with E-state index >= 15 is 0 Å². The number of rotatable bonds is 3. The third kappa shape index (κ3) is 2.58. The highest BCUT2D eigenvalue weighted by molar-refractivity contribution is 5.97. The lowest BCUT2D eigenvalue weighted by Crippen LogP contribution is -2.51. The Balaban J connectivity index is 1.63. The van der Waals surface area contributed by atoms with Gasteiger partial charge in [0.1, 0.15) is 5.56 Å². The number of aliphatic hydroxyl groups excluding tert-OH is 1. The maximum Gasteiger partial charge on any atom is 0.259 e. The van der Waals surface area contributed by atoms with Crippen molar-refractivity contribution in [1.29, 1.82) is 0 Å². The highest BCUT2D eigenvalue weighted by Gasteiger charge is 2.43. The molecule has 1 N–H and O–H groups in total. The number of hydrogen-bond donors (Lipinski definition) is 1. The first-order chi connectivity index (χ1) is 11.7. The number of fused-ring (bicyclic) bond motifs is 2. The van der Waals surface area contributed by atoms with E-state index in [9.17, 15) is 9.90 Å². The lowest BCUT2D eigenvalue weighted by atomic mass is 10.1. The molecule has 4 rings (SSSR count). The maximum absolute atomic E-state index is 13.2. The predicted octanol–water partition coefficient (Wildman–Crippen LogP) is 1.19. The van der Waals surface area contributed by atoms with Gasteiger partial charge in [-0.25, -0.2) is 4.98 Å². The molecule has 0 unspecified atom stereocenters. The van der Waals surface area contributed by atoms with Crippen molar-refractivity contribution in [3.63, 3.8) is 0 Å². The molecule has 3 aliphatic rings. The zero-order valence-corrected chi connectivity index (χ0v) is 14.0. The summed E-state index contributed by atoms with van der Waals surface area (Å²) in [5.41, 5.74) is 2.79. The van der Waals surface area contributed by atoms with Crippen LogP contribution in [0.3, 0.4) is 0 Å². The molecule has 1 aromatic heterocycles. The molecule has 1 saturated heterocycles. The fourth-order valence-electron chi connectivity index (χ4n) is 4.37. The van der Waals surface area contributed by atoms with Crippen LogP contribution < -0.4 is 4.74 Å². The average Bonchev–Trinajstić information content (AvgIpc) is 3.24. The molecule has 1 aliphatic heterocycles. The first kappa shape index (κ1) is 15.8. The van der Waals surface area contributed by atoms with Gasteiger partial charge in [0.2, 0.25) is 5.88 Å². The number of hydrogen-bond acceptors (Lipinski definition) is 5. The van der Waals surface area contributed by atoms with Gasteiger partial charge in [0.15, 0.2) is 0 Å². The van der Waals surface area contributed by atoms with Crippen LogP contribution in [0.5, 0.6) is 5.88 Å². The van der Waals surface area contributed by atoms with Gasteiger partial charge in [0.05, 0.1) is 25.9 Å². The number of carbonyl (C=O) groups excluding carboxylic acids is 1. The van der Waals surface area contributed by atoms with Crippen molar-refractivity contribution in [2.75, 3.05) is 26.9 Å². The summed E-state index contributed by atoms with van der Waals surface area (Å²) in [6.45, 7) is 1.28. The van der Waals surface area contributed by atoms with Gasteiger partial charge < -0.3 is 19.5 Å². The summed E-state index contributed by atoms with van der Waals surface area (Å²) in [6.07, 6.45) is 4.68. The van der Waals surface area contributed by atoms with Gasteiger partial charge in [-0.05, 0) is 49.7 Å². The van der Waals surface area contributed by atoms with E-state index in [1.54, 1.807) is 7.11 Å². The molecule has 2 heterocycles. The Morgan fingerprint density at radius 1 is 1.46 bits per heavy atom. The van der Waals surface area contributed by atoms with E-state index in [4.69, 9.17) is 9.47 Å². The molecule has 6 heteroatoms. The molecule has 0 bridgehead atoms. The van der Waals surface area contributed by atoms with Gasteiger partial charge >= 0.3 is 0 Å². The van der Waals surface area contributed by atoms with Crippen LogP contribution in [0, 0.1) is 5.92 Å². The Morgan fingerprint density at radius 2 is 2.33 bits per heavy atom. The van der Waals surface area contributed by atoms with Crippen LogP contribution >= 0.6 is 0 Å². The zero-order valence-electron chi connectivity index (χ0n) is 14.0. The SMILES string of the molecule is COc1nc2c(cc1C(=O)N1CCO[C@H]3C[C@H](CO)C[C@@H]31)CCC2. The minimum Gasteiger partial charge on any atom is -0.480 e. The Kier molecular flexibility index (Phi) is 4.18. The Hall–Kier alpha value is -1.66. The van der Waals surface area contributed by atoms with Gasteiger partial charge in [-0.15, -0.1) is 0 Å². The second-order valence-corrected chi connectivity index (χ2v) is 7.00. The second-order valence-electron chi connectivity index (χ2n) is 7.00. The van der Waals surface area contributed by atoms with Gasteiger partial charge in [0, 0.05) is 18.8 Å². The molecule has 24 heavy (non-hydrogen) atoms. The van der Waals surface area contributed by atoms with Crippen LogP contribution in [0.25, 0.3) is 0 Å². The molecule has 0 radical (unpaired) electrons. The lowest BCUT2D eigenvalue weighted by Gasteiger charge is -2.37. The molecule has 1 aromatic rings. The highest BCUT2D eigenvalue weighted by atomic mass is 16.5. The van der Waals surface area contributed by atoms with Crippen molar-refractivity contribution in [3.8, 4) is 5.88 Å². The first-order valence-electron chi connectivity index (χ1n) is 8.81. The monoisotopic (exact) mass is 332 g/mol. The van der Waals surface area contributed by atoms with Gasteiger partial charge in [0.25, 0.3) is 5.91 Å². The van der Waals surface area contributed by atoms with Gasteiger partial charge in [-0.1, -0.05) is 0 Å². The van der Waals surface area contributed by atoms with Crippen molar-refractivity contribution in [3.05, 3.63) is 22.9 Å². The number of aromatic nitrogens is 1. The number of morpholine rings is 1. The van der Waals surface area contributed by atoms with Crippen LogP contribution in [0.15, 0.2) is 6.07 Å². The number of amides is 1. The molecule has 2 fully saturated rings. The Morgan fingerprint density at radius 3 is 3.12 bits per heavy atom. The van der Waals surface area contributed by atoms with E-state index in [2.05, 4.69) is 4.98 Å². The van der Waals surface area contributed by atoms with Crippen LogP contribution in [0.2, 0.25) is 0 Å². The highest BCUT2D eigenvalue weighted by Crippen LogP contribution is 2.36. The fourth-order valence-corrected chi connectivity index (χ4v) is 4.37. The number of aliphatic hydroxyl groups is 1. The molecular formula is C18H24N2O4. The predicted molar refractivity (Wildman–Crippen MR) is 87.2 cm³/mol. The summed E-state index contributed by atoms with van der Waals surface area (Å²) in [5, 5.41) is 9.45.